The first-order valence-corrected chi connectivity index (χ1v) is 2.96. The number of hydrogen-bond acceptors (Lipinski definition) is 4. The fraction of sp³-hybridized carbons (Fsp3) is 0. The van der Waals surface area contributed by atoms with Crippen LogP contribution in [0.2, 0.25) is 0 Å². The molecule has 5 heteroatoms. The number of ketones is 1. The van der Waals surface area contributed by atoms with Crippen molar-refractivity contribution >= 4 is 36.0 Å². The molecule has 0 aliphatic carbocycles. The molecular formula is C7H7IN2O2. The van der Waals surface area contributed by atoms with E-state index in [1.807, 2.05) is 0 Å². The fourth-order valence-corrected chi connectivity index (χ4v) is 0.635. The summed E-state index contributed by atoms with van der Waals surface area (Å²) in [6, 6.07) is 3.23. The molecule has 0 unspecified atom stereocenters. The maximum absolute atomic E-state index is 10.9. The lowest BCUT2D eigenvalue weighted by Gasteiger charge is -1.89. The molecule has 0 fully saturated rings. The molecule has 0 aliphatic rings. The highest BCUT2D eigenvalue weighted by molar-refractivity contribution is 14.0. The van der Waals surface area contributed by atoms with Crippen LogP contribution >= 0.6 is 24.0 Å². The van der Waals surface area contributed by atoms with Crippen LogP contribution in [-0.4, -0.2) is 22.2 Å². The largest absolute Gasteiger partial charge is 0.411 e. The highest BCUT2D eigenvalue weighted by Crippen LogP contribution is 1.94. The van der Waals surface area contributed by atoms with Crippen LogP contribution in [0.3, 0.4) is 0 Å². The Morgan fingerprint density at radius 1 is 1.67 bits per heavy atom. The third kappa shape index (κ3) is 2.95. The summed E-state index contributed by atoms with van der Waals surface area (Å²) in [4.78, 5) is 14.6. The molecule has 1 aromatic rings. The molecule has 0 spiro atoms. The molecule has 0 bridgehead atoms. The maximum atomic E-state index is 10.9. The van der Waals surface area contributed by atoms with E-state index >= 15 is 0 Å². The van der Waals surface area contributed by atoms with Crippen molar-refractivity contribution in [3.8, 4) is 0 Å². The molecule has 0 saturated carbocycles. The van der Waals surface area contributed by atoms with Crippen molar-refractivity contribution < 1.29 is 10.0 Å². The molecule has 0 atom stereocenters. The zero-order chi connectivity index (χ0) is 8.10. The number of pyridine rings is 1. The minimum atomic E-state index is -0.361. The van der Waals surface area contributed by atoms with Crippen molar-refractivity contribution in [2.75, 3.05) is 0 Å². The molecule has 4 nitrogen and oxygen atoms in total. The minimum absolute atomic E-state index is 0. The van der Waals surface area contributed by atoms with Crippen LogP contribution in [0.25, 0.3) is 0 Å². The summed E-state index contributed by atoms with van der Waals surface area (Å²) in [6.07, 6.45) is 3.80. The SMILES string of the molecule is I.O=C(C=NO)c1cccnc1. The lowest BCUT2D eigenvalue weighted by molar-refractivity contribution is 0.106. The third-order valence-electron chi connectivity index (χ3n) is 1.12. The summed E-state index contributed by atoms with van der Waals surface area (Å²) in [5.74, 6) is -0.361. The first kappa shape index (κ1) is 11.0. The Hall–Kier alpha value is -0.980. The minimum Gasteiger partial charge on any atom is -0.411 e. The first-order chi connectivity index (χ1) is 5.34. The van der Waals surface area contributed by atoms with Crippen molar-refractivity contribution in [3.05, 3.63) is 30.1 Å². The van der Waals surface area contributed by atoms with E-state index in [2.05, 4.69) is 10.1 Å². The summed E-state index contributed by atoms with van der Waals surface area (Å²) in [5, 5.41) is 10.6. The maximum Gasteiger partial charge on any atom is 0.208 e. The van der Waals surface area contributed by atoms with Gasteiger partial charge >= 0.3 is 0 Å². The Labute approximate surface area is 86.3 Å². The van der Waals surface area contributed by atoms with Crippen molar-refractivity contribution in [1.82, 2.24) is 4.98 Å². The molecule has 1 aromatic heterocycles. The number of carbonyl (C=O) groups excluding carboxylic acids is 1. The van der Waals surface area contributed by atoms with Gasteiger partial charge in [-0.3, -0.25) is 9.78 Å². The van der Waals surface area contributed by atoms with Gasteiger partial charge in [0.1, 0.15) is 6.21 Å². The average molecular weight is 278 g/mol. The normalized spacial score (nSPS) is 9.33. The molecule has 0 aromatic carbocycles. The lowest BCUT2D eigenvalue weighted by Crippen LogP contribution is -1.99. The Balaban J connectivity index is 0.00000121. The Morgan fingerprint density at radius 3 is 2.92 bits per heavy atom. The molecule has 0 amide bonds. The Morgan fingerprint density at radius 2 is 2.42 bits per heavy atom. The number of aromatic nitrogens is 1. The third-order valence-corrected chi connectivity index (χ3v) is 1.12. The van der Waals surface area contributed by atoms with Crippen LogP contribution in [0.4, 0.5) is 0 Å². The number of nitrogens with zero attached hydrogens (tertiary/aromatic N) is 2. The van der Waals surface area contributed by atoms with Gasteiger partial charge in [0.25, 0.3) is 0 Å². The zero-order valence-corrected chi connectivity index (χ0v) is 8.38. The monoisotopic (exact) mass is 278 g/mol. The van der Waals surface area contributed by atoms with Gasteiger partial charge in [0.2, 0.25) is 5.78 Å². The number of hydrogen-bond donors (Lipinski definition) is 1. The summed E-state index contributed by atoms with van der Waals surface area (Å²) in [6.45, 7) is 0. The molecule has 0 saturated heterocycles. The molecule has 1 heterocycles. The summed E-state index contributed by atoms with van der Waals surface area (Å²) < 4.78 is 0. The molecule has 12 heavy (non-hydrogen) atoms. The van der Waals surface area contributed by atoms with Gasteiger partial charge in [0, 0.05) is 18.0 Å². The predicted molar refractivity (Wildman–Crippen MR) is 54.3 cm³/mol. The Kier molecular flexibility index (Phi) is 5.18. The van der Waals surface area contributed by atoms with E-state index in [9.17, 15) is 4.79 Å². The van der Waals surface area contributed by atoms with Crippen molar-refractivity contribution in [2.24, 2.45) is 5.16 Å². The smallest absolute Gasteiger partial charge is 0.208 e. The van der Waals surface area contributed by atoms with Crippen molar-refractivity contribution in [2.45, 2.75) is 0 Å². The zero-order valence-electron chi connectivity index (χ0n) is 6.04. The van der Waals surface area contributed by atoms with E-state index in [4.69, 9.17) is 5.21 Å². The van der Waals surface area contributed by atoms with Gasteiger partial charge in [0.05, 0.1) is 0 Å². The van der Waals surface area contributed by atoms with E-state index in [1.165, 1.54) is 6.20 Å². The van der Waals surface area contributed by atoms with Gasteiger partial charge in [-0.05, 0) is 12.1 Å². The molecule has 64 valence electrons. The van der Waals surface area contributed by atoms with Gasteiger partial charge in [-0.25, -0.2) is 0 Å². The van der Waals surface area contributed by atoms with Gasteiger partial charge in [0.15, 0.2) is 0 Å². The highest BCUT2D eigenvalue weighted by Gasteiger charge is 1.99. The highest BCUT2D eigenvalue weighted by atomic mass is 127. The number of carbonyl (C=O) groups is 1. The average Bonchev–Trinajstić information content (AvgIpc) is 2.07. The second-order valence-corrected chi connectivity index (χ2v) is 1.85. The number of rotatable bonds is 2. The van der Waals surface area contributed by atoms with E-state index in [0.717, 1.165) is 6.21 Å². The molecule has 1 N–H and O–H groups in total. The van der Waals surface area contributed by atoms with Gasteiger partial charge < -0.3 is 5.21 Å². The number of halogens is 1. The molecule has 0 radical (unpaired) electrons. The van der Waals surface area contributed by atoms with Crippen molar-refractivity contribution in [1.29, 1.82) is 0 Å². The quantitative estimate of drug-likeness (QED) is 0.292. The van der Waals surface area contributed by atoms with E-state index in [1.54, 1.807) is 18.3 Å². The van der Waals surface area contributed by atoms with Crippen LogP contribution in [0, 0.1) is 0 Å². The van der Waals surface area contributed by atoms with E-state index in [-0.39, 0.29) is 29.8 Å². The van der Waals surface area contributed by atoms with E-state index in [0.29, 0.717) is 5.56 Å². The van der Waals surface area contributed by atoms with Crippen molar-refractivity contribution in [3.63, 3.8) is 0 Å². The molecule has 0 aliphatic heterocycles. The number of oxime groups is 1. The van der Waals surface area contributed by atoms with Crippen LogP contribution in [0.1, 0.15) is 10.4 Å². The van der Waals surface area contributed by atoms with Crippen LogP contribution < -0.4 is 0 Å². The van der Waals surface area contributed by atoms with E-state index < -0.39 is 0 Å². The summed E-state index contributed by atoms with van der Waals surface area (Å²) in [5.41, 5.74) is 0.408. The topological polar surface area (TPSA) is 62.5 Å². The number of Topliss-reactive ketones (excluding diaryl/α,β-unsaturated/α-hetero) is 1. The standard InChI is InChI=1S/C7H6N2O2.HI/c10-7(5-9-11)6-2-1-3-8-4-6;/h1-5,11H;1H. The first-order valence-electron chi connectivity index (χ1n) is 2.96. The Bertz CT molecular complexity index is 274. The second kappa shape index (κ2) is 5.64. The lowest BCUT2D eigenvalue weighted by atomic mass is 10.2. The predicted octanol–water partition coefficient (Wildman–Crippen LogP) is 1.34. The molecular weight excluding hydrogens is 271 g/mol. The summed E-state index contributed by atoms with van der Waals surface area (Å²) >= 11 is 0. The fourth-order valence-electron chi connectivity index (χ4n) is 0.635. The van der Waals surface area contributed by atoms with Crippen LogP contribution in [-0.2, 0) is 0 Å². The van der Waals surface area contributed by atoms with Gasteiger partial charge in [-0.2, -0.15) is 0 Å². The molecule has 1 rings (SSSR count). The van der Waals surface area contributed by atoms with Gasteiger partial charge in [-0.1, -0.05) is 5.16 Å². The second-order valence-electron chi connectivity index (χ2n) is 1.85. The van der Waals surface area contributed by atoms with Crippen LogP contribution in [0.15, 0.2) is 29.7 Å². The summed E-state index contributed by atoms with van der Waals surface area (Å²) in [7, 11) is 0. The van der Waals surface area contributed by atoms with Gasteiger partial charge in [-0.15, -0.1) is 24.0 Å². The van der Waals surface area contributed by atoms with Crippen LogP contribution in [0.5, 0.6) is 0 Å².